The van der Waals surface area contributed by atoms with Crippen LogP contribution in [0.25, 0.3) is 0 Å². The molecule has 2 atom stereocenters. The Bertz CT molecular complexity index is 1630. The summed E-state index contributed by atoms with van der Waals surface area (Å²) < 4.78 is 46.5. The Labute approximate surface area is 259 Å². The van der Waals surface area contributed by atoms with E-state index in [0.29, 0.717) is 23.6 Å². The van der Waals surface area contributed by atoms with Gasteiger partial charge in [0.25, 0.3) is 0 Å². The van der Waals surface area contributed by atoms with Crippen molar-refractivity contribution in [3.05, 3.63) is 59.3 Å². The second kappa shape index (κ2) is 12.2. The summed E-state index contributed by atoms with van der Waals surface area (Å²) in [6.45, 7) is 10.2. The highest BCUT2D eigenvalue weighted by Gasteiger charge is 2.35. The van der Waals surface area contributed by atoms with Crippen LogP contribution < -0.4 is 24.4 Å². The molecule has 44 heavy (non-hydrogen) atoms. The second-order valence-corrected chi connectivity index (χ2v) is 14.7. The number of amides is 1. The van der Waals surface area contributed by atoms with Gasteiger partial charge in [0.2, 0.25) is 10.0 Å². The molecule has 238 valence electrons. The van der Waals surface area contributed by atoms with E-state index in [2.05, 4.69) is 37.5 Å². The molecule has 1 fully saturated rings. The van der Waals surface area contributed by atoms with Crippen LogP contribution in [0.2, 0.25) is 0 Å². The van der Waals surface area contributed by atoms with Crippen LogP contribution in [0.3, 0.4) is 0 Å². The zero-order valence-electron chi connectivity index (χ0n) is 26.5. The number of benzene rings is 2. The van der Waals surface area contributed by atoms with E-state index in [9.17, 15) is 13.2 Å². The summed E-state index contributed by atoms with van der Waals surface area (Å²) in [5.41, 5.74) is 3.48. The van der Waals surface area contributed by atoms with Gasteiger partial charge in [-0.1, -0.05) is 6.07 Å². The smallest absolute Gasteiger partial charge is 0.407 e. The van der Waals surface area contributed by atoms with E-state index in [0.717, 1.165) is 41.2 Å². The van der Waals surface area contributed by atoms with Gasteiger partial charge < -0.3 is 24.8 Å². The topological polar surface area (TPSA) is 124 Å². The third-order valence-corrected chi connectivity index (χ3v) is 9.63. The largest absolute Gasteiger partial charge is 0.497 e. The normalized spacial score (nSPS) is 19.1. The fraction of sp³-hybridized carbons (Fsp3) is 0.500. The molecule has 2 heterocycles. The number of rotatable bonds is 9. The van der Waals surface area contributed by atoms with Gasteiger partial charge in [0.15, 0.2) is 0 Å². The number of hydrogen-bond donors (Lipinski definition) is 2. The molecule has 1 amide bonds. The lowest BCUT2D eigenvalue weighted by atomic mass is 10.0. The van der Waals surface area contributed by atoms with Gasteiger partial charge in [0.05, 0.1) is 43.4 Å². The standard InChI is InChI=1S/C32H43N5O6S/c1-20(2)33-31(38)43-26-13-9-21(14-26)27-17-30(37(35-27)32(3,4)5)34-24-11-8-23-19-44(39,40)36(28(23)15-24)18-22-10-12-25(41-6)16-29(22)42-7/h8,10-12,15-17,20-21,26,34H,9,13-14,18-19H2,1-7H3,(H,33,38)/t21-,26+/m0/s1. The van der Waals surface area contributed by atoms with E-state index in [4.69, 9.17) is 19.3 Å². The van der Waals surface area contributed by atoms with E-state index >= 15 is 0 Å². The number of carbonyl (C=O) groups excluding carboxylic acids is 1. The summed E-state index contributed by atoms with van der Waals surface area (Å²) >= 11 is 0. The Hall–Kier alpha value is -3.93. The van der Waals surface area contributed by atoms with Crippen molar-refractivity contribution >= 4 is 33.3 Å². The number of fused-ring (bicyclic) bond motifs is 1. The Kier molecular flexibility index (Phi) is 8.75. The first-order chi connectivity index (χ1) is 20.8. The van der Waals surface area contributed by atoms with Gasteiger partial charge in [-0.15, -0.1) is 0 Å². The average molecular weight is 626 g/mol. The van der Waals surface area contributed by atoms with E-state index < -0.39 is 10.0 Å². The molecule has 3 aromatic rings. The van der Waals surface area contributed by atoms with Gasteiger partial charge in [0.1, 0.15) is 23.4 Å². The minimum Gasteiger partial charge on any atom is -0.497 e. The maximum Gasteiger partial charge on any atom is 0.407 e. The number of sulfonamides is 1. The van der Waals surface area contributed by atoms with Gasteiger partial charge in [-0.05, 0) is 83.7 Å². The third-order valence-electron chi connectivity index (χ3n) is 7.95. The number of nitrogens with one attached hydrogen (secondary N) is 2. The van der Waals surface area contributed by atoms with Gasteiger partial charge >= 0.3 is 6.09 Å². The van der Waals surface area contributed by atoms with Crippen LogP contribution in [0.5, 0.6) is 11.5 Å². The molecular formula is C32H43N5O6S. The molecule has 1 saturated carbocycles. The van der Waals surface area contributed by atoms with Crippen LogP contribution in [0, 0.1) is 0 Å². The zero-order valence-corrected chi connectivity index (χ0v) is 27.3. The molecule has 0 spiro atoms. The monoisotopic (exact) mass is 625 g/mol. The van der Waals surface area contributed by atoms with Crippen LogP contribution in [0.15, 0.2) is 42.5 Å². The fourth-order valence-electron chi connectivity index (χ4n) is 5.82. The Balaban J connectivity index is 1.39. The van der Waals surface area contributed by atoms with Crippen molar-refractivity contribution in [2.75, 3.05) is 23.8 Å². The average Bonchev–Trinajstić information content (AvgIpc) is 3.64. The zero-order chi connectivity index (χ0) is 31.8. The molecule has 11 nitrogen and oxygen atoms in total. The third kappa shape index (κ3) is 6.74. The lowest BCUT2D eigenvalue weighted by molar-refractivity contribution is 0.0981. The van der Waals surface area contributed by atoms with E-state index in [1.165, 1.54) is 4.31 Å². The number of hydrogen-bond acceptors (Lipinski definition) is 8. The van der Waals surface area contributed by atoms with Crippen molar-refractivity contribution < 1.29 is 27.4 Å². The Morgan fingerprint density at radius 1 is 1.07 bits per heavy atom. The molecule has 1 aliphatic carbocycles. The summed E-state index contributed by atoms with van der Waals surface area (Å²) in [6, 6.07) is 13.1. The predicted molar refractivity (Wildman–Crippen MR) is 170 cm³/mol. The number of aromatic nitrogens is 2. The highest BCUT2D eigenvalue weighted by atomic mass is 32.2. The van der Waals surface area contributed by atoms with E-state index in [-0.39, 0.29) is 42.0 Å². The SMILES string of the molecule is COc1ccc(CN2c3cc(Nc4cc([C@H]5CC[C@@H](OC(=O)NC(C)C)C5)nn4C(C)(C)C)ccc3CS2(=O)=O)c(OC)c1. The van der Waals surface area contributed by atoms with Crippen molar-refractivity contribution in [3.63, 3.8) is 0 Å². The Morgan fingerprint density at radius 2 is 1.84 bits per heavy atom. The lowest BCUT2D eigenvalue weighted by Gasteiger charge is -2.23. The van der Waals surface area contributed by atoms with E-state index in [1.54, 1.807) is 26.4 Å². The van der Waals surface area contributed by atoms with Crippen molar-refractivity contribution in [2.45, 2.75) is 89.8 Å². The summed E-state index contributed by atoms with van der Waals surface area (Å²) in [5, 5.41) is 11.3. The Morgan fingerprint density at radius 3 is 2.52 bits per heavy atom. The molecule has 2 aromatic carbocycles. The summed E-state index contributed by atoms with van der Waals surface area (Å²) in [5.74, 6) is 2.10. The minimum atomic E-state index is -3.57. The van der Waals surface area contributed by atoms with Gasteiger partial charge in [-0.2, -0.15) is 5.10 Å². The van der Waals surface area contributed by atoms with Crippen molar-refractivity contribution in [3.8, 4) is 11.5 Å². The number of methoxy groups -OCH3 is 2. The molecule has 0 bridgehead atoms. The molecule has 1 aromatic heterocycles. The molecule has 12 heteroatoms. The van der Waals surface area contributed by atoms with Crippen molar-refractivity contribution in [1.29, 1.82) is 0 Å². The first kappa shape index (κ1) is 31.5. The maximum absolute atomic E-state index is 13.3. The summed E-state index contributed by atoms with van der Waals surface area (Å²) in [7, 11) is -0.440. The molecule has 0 saturated heterocycles. The molecular weight excluding hydrogens is 582 g/mol. The van der Waals surface area contributed by atoms with Gasteiger partial charge in [-0.25, -0.2) is 17.9 Å². The number of carbonyl (C=O) groups is 1. The minimum absolute atomic E-state index is 0.0208. The number of anilines is 3. The lowest BCUT2D eigenvalue weighted by Crippen LogP contribution is -2.33. The number of alkyl carbamates (subject to hydrolysis) is 1. The fourth-order valence-corrected chi connectivity index (χ4v) is 7.42. The van der Waals surface area contributed by atoms with Crippen LogP contribution in [0.1, 0.15) is 76.6 Å². The number of nitrogens with zero attached hydrogens (tertiary/aromatic N) is 3. The second-order valence-electron chi connectivity index (χ2n) is 12.8. The first-order valence-electron chi connectivity index (χ1n) is 15.0. The van der Waals surface area contributed by atoms with Crippen molar-refractivity contribution in [2.24, 2.45) is 0 Å². The number of ether oxygens (including phenoxy) is 3. The quantitative estimate of drug-likeness (QED) is 0.296. The molecule has 0 radical (unpaired) electrons. The van der Waals surface area contributed by atoms with Crippen LogP contribution in [0.4, 0.5) is 22.0 Å². The highest BCUT2D eigenvalue weighted by Crippen LogP contribution is 2.41. The molecule has 5 rings (SSSR count). The van der Waals surface area contributed by atoms with E-state index in [1.807, 2.05) is 42.8 Å². The summed E-state index contributed by atoms with van der Waals surface area (Å²) in [4.78, 5) is 12.1. The highest BCUT2D eigenvalue weighted by molar-refractivity contribution is 7.92. The van der Waals surface area contributed by atoms with Crippen molar-refractivity contribution in [1.82, 2.24) is 15.1 Å². The maximum atomic E-state index is 13.3. The molecule has 0 unspecified atom stereocenters. The summed E-state index contributed by atoms with van der Waals surface area (Å²) in [6.07, 6.45) is 1.85. The first-order valence-corrected chi connectivity index (χ1v) is 16.6. The van der Waals surface area contributed by atoms with Crippen LogP contribution in [-0.2, 0) is 32.6 Å². The van der Waals surface area contributed by atoms with Crippen LogP contribution >= 0.6 is 0 Å². The molecule has 2 N–H and O–H groups in total. The molecule has 1 aliphatic heterocycles. The van der Waals surface area contributed by atoms with Crippen LogP contribution in [-0.4, -0.2) is 50.7 Å². The van der Waals surface area contributed by atoms with Gasteiger partial charge in [0, 0.05) is 35.3 Å². The molecule has 2 aliphatic rings. The predicted octanol–water partition coefficient (Wildman–Crippen LogP) is 6.02. The van der Waals surface area contributed by atoms with Gasteiger partial charge in [-0.3, -0.25) is 4.31 Å².